The lowest BCUT2D eigenvalue weighted by atomic mass is 9.51. The van der Waals surface area contributed by atoms with E-state index in [-0.39, 0.29) is 0 Å². The highest BCUT2D eigenvalue weighted by molar-refractivity contribution is 4.98. The molecular formula is C12H22. The SMILES string of the molecule is CC(C)(C)C12CCC(CC1)CC2. The predicted octanol–water partition coefficient (Wildman–Crippen LogP) is 4.00. The molecule has 0 heteroatoms. The first-order valence-corrected chi connectivity index (χ1v) is 5.54. The second-order valence-electron chi connectivity index (χ2n) is 6.01. The molecule has 3 rings (SSSR count). The van der Waals surface area contributed by atoms with Crippen LogP contribution in [-0.2, 0) is 0 Å². The summed E-state index contributed by atoms with van der Waals surface area (Å²) >= 11 is 0. The Labute approximate surface area is 76.7 Å². The summed E-state index contributed by atoms with van der Waals surface area (Å²) < 4.78 is 0. The van der Waals surface area contributed by atoms with E-state index in [0.717, 1.165) is 11.3 Å². The number of fused-ring (bicyclic) bond motifs is 3. The molecule has 0 aromatic heterocycles. The summed E-state index contributed by atoms with van der Waals surface area (Å²) in [4.78, 5) is 0. The Morgan fingerprint density at radius 1 is 0.917 bits per heavy atom. The minimum Gasteiger partial charge on any atom is -0.0596 e. The summed E-state index contributed by atoms with van der Waals surface area (Å²) in [5.41, 5.74) is 1.28. The standard InChI is InChI=1S/C12H22/c1-11(2,3)12-7-4-10(5-8-12)6-9-12/h10H,4-9H2,1-3H3. The second-order valence-corrected chi connectivity index (χ2v) is 6.01. The van der Waals surface area contributed by atoms with Crippen LogP contribution in [-0.4, -0.2) is 0 Å². The molecule has 0 nitrogen and oxygen atoms in total. The van der Waals surface area contributed by atoms with Crippen molar-refractivity contribution in [2.24, 2.45) is 16.7 Å². The summed E-state index contributed by atoms with van der Waals surface area (Å²) in [7, 11) is 0. The molecule has 0 aliphatic heterocycles. The van der Waals surface area contributed by atoms with Crippen molar-refractivity contribution in [3.05, 3.63) is 0 Å². The Balaban J connectivity index is 2.19. The minimum absolute atomic E-state index is 0.554. The molecule has 2 bridgehead atoms. The van der Waals surface area contributed by atoms with Crippen molar-refractivity contribution in [1.29, 1.82) is 0 Å². The molecule has 3 fully saturated rings. The van der Waals surface area contributed by atoms with Gasteiger partial charge >= 0.3 is 0 Å². The number of rotatable bonds is 0. The minimum atomic E-state index is 0.554. The van der Waals surface area contributed by atoms with Crippen LogP contribution in [0.15, 0.2) is 0 Å². The third-order valence-electron chi connectivity index (χ3n) is 4.68. The maximum Gasteiger partial charge on any atom is -0.0249 e. The van der Waals surface area contributed by atoms with Crippen molar-refractivity contribution in [3.8, 4) is 0 Å². The summed E-state index contributed by atoms with van der Waals surface area (Å²) in [5.74, 6) is 1.11. The zero-order valence-electron chi connectivity index (χ0n) is 8.82. The number of hydrogen-bond acceptors (Lipinski definition) is 0. The highest BCUT2D eigenvalue weighted by atomic mass is 14.5. The zero-order valence-corrected chi connectivity index (χ0v) is 8.82. The Bertz CT molecular complexity index is 151. The third kappa shape index (κ3) is 1.11. The Morgan fingerprint density at radius 2 is 1.33 bits per heavy atom. The van der Waals surface area contributed by atoms with E-state index in [4.69, 9.17) is 0 Å². The van der Waals surface area contributed by atoms with Crippen LogP contribution < -0.4 is 0 Å². The maximum absolute atomic E-state index is 2.44. The fraction of sp³-hybridized carbons (Fsp3) is 1.00. The van der Waals surface area contributed by atoms with E-state index in [0.29, 0.717) is 5.41 Å². The van der Waals surface area contributed by atoms with Gasteiger partial charge in [0.1, 0.15) is 0 Å². The second kappa shape index (κ2) is 2.49. The van der Waals surface area contributed by atoms with Crippen molar-refractivity contribution >= 4 is 0 Å². The van der Waals surface area contributed by atoms with Crippen LogP contribution in [0.5, 0.6) is 0 Å². The summed E-state index contributed by atoms with van der Waals surface area (Å²) in [6.45, 7) is 7.33. The predicted molar refractivity (Wildman–Crippen MR) is 53.1 cm³/mol. The molecule has 0 atom stereocenters. The van der Waals surface area contributed by atoms with Crippen molar-refractivity contribution in [2.75, 3.05) is 0 Å². The van der Waals surface area contributed by atoms with E-state index in [1.165, 1.54) is 38.5 Å². The van der Waals surface area contributed by atoms with Crippen LogP contribution in [0.4, 0.5) is 0 Å². The number of hydrogen-bond donors (Lipinski definition) is 0. The topological polar surface area (TPSA) is 0 Å². The van der Waals surface area contributed by atoms with Gasteiger partial charge in [-0.25, -0.2) is 0 Å². The molecule has 70 valence electrons. The molecule has 0 saturated heterocycles. The zero-order chi connectivity index (χ0) is 8.82. The van der Waals surface area contributed by atoms with E-state index in [1.807, 2.05) is 0 Å². The monoisotopic (exact) mass is 166 g/mol. The molecule has 3 saturated carbocycles. The molecule has 3 aliphatic rings. The smallest absolute Gasteiger partial charge is 0.0249 e. The lowest BCUT2D eigenvalue weighted by Crippen LogP contribution is -2.43. The molecule has 0 amide bonds. The van der Waals surface area contributed by atoms with E-state index in [2.05, 4.69) is 20.8 Å². The van der Waals surface area contributed by atoms with Gasteiger partial charge in [-0.1, -0.05) is 20.8 Å². The normalized spacial score (nSPS) is 41.8. The van der Waals surface area contributed by atoms with Gasteiger partial charge in [-0.3, -0.25) is 0 Å². The van der Waals surface area contributed by atoms with Crippen molar-refractivity contribution in [1.82, 2.24) is 0 Å². The highest BCUT2D eigenvalue weighted by Crippen LogP contribution is 2.58. The Morgan fingerprint density at radius 3 is 1.58 bits per heavy atom. The molecule has 0 spiro atoms. The fourth-order valence-electron chi connectivity index (χ4n) is 3.37. The van der Waals surface area contributed by atoms with Gasteiger partial charge in [0.2, 0.25) is 0 Å². The van der Waals surface area contributed by atoms with Crippen molar-refractivity contribution in [2.45, 2.75) is 59.3 Å². The van der Waals surface area contributed by atoms with Gasteiger partial charge in [0.15, 0.2) is 0 Å². The van der Waals surface area contributed by atoms with Crippen molar-refractivity contribution in [3.63, 3.8) is 0 Å². The largest absolute Gasteiger partial charge is 0.0596 e. The first kappa shape index (κ1) is 8.59. The summed E-state index contributed by atoms with van der Waals surface area (Å²) in [6.07, 6.45) is 9.12. The maximum atomic E-state index is 2.44. The van der Waals surface area contributed by atoms with Gasteiger partial charge in [0.05, 0.1) is 0 Å². The van der Waals surface area contributed by atoms with E-state index >= 15 is 0 Å². The van der Waals surface area contributed by atoms with Crippen LogP contribution >= 0.6 is 0 Å². The van der Waals surface area contributed by atoms with E-state index in [1.54, 1.807) is 0 Å². The van der Waals surface area contributed by atoms with Gasteiger partial charge in [0, 0.05) is 0 Å². The molecule has 3 aliphatic carbocycles. The molecule has 0 aromatic carbocycles. The summed E-state index contributed by atoms with van der Waals surface area (Å²) in [5, 5.41) is 0. The first-order valence-electron chi connectivity index (χ1n) is 5.54. The van der Waals surface area contributed by atoms with E-state index in [9.17, 15) is 0 Å². The molecule has 0 heterocycles. The van der Waals surface area contributed by atoms with Crippen molar-refractivity contribution < 1.29 is 0 Å². The van der Waals surface area contributed by atoms with Gasteiger partial charge in [0.25, 0.3) is 0 Å². The Kier molecular flexibility index (Phi) is 1.79. The van der Waals surface area contributed by atoms with Gasteiger partial charge in [-0.2, -0.15) is 0 Å². The van der Waals surface area contributed by atoms with Crippen LogP contribution in [0.2, 0.25) is 0 Å². The quantitative estimate of drug-likeness (QED) is 0.510. The van der Waals surface area contributed by atoms with Gasteiger partial charge < -0.3 is 0 Å². The highest BCUT2D eigenvalue weighted by Gasteiger charge is 2.47. The molecule has 12 heavy (non-hydrogen) atoms. The molecule has 0 aromatic rings. The van der Waals surface area contributed by atoms with Gasteiger partial charge in [-0.15, -0.1) is 0 Å². The lowest BCUT2D eigenvalue weighted by molar-refractivity contribution is -0.0316. The molecule has 0 N–H and O–H groups in total. The molecule has 0 unspecified atom stereocenters. The lowest BCUT2D eigenvalue weighted by Gasteiger charge is -2.54. The Hall–Kier alpha value is 0. The molecular weight excluding hydrogens is 144 g/mol. The average molecular weight is 166 g/mol. The van der Waals surface area contributed by atoms with E-state index < -0.39 is 0 Å². The molecule has 0 radical (unpaired) electrons. The third-order valence-corrected chi connectivity index (χ3v) is 4.68. The average Bonchev–Trinajstić information content (AvgIpc) is 2.06. The first-order chi connectivity index (χ1) is 5.54. The van der Waals surface area contributed by atoms with Crippen LogP contribution in [0.25, 0.3) is 0 Å². The van der Waals surface area contributed by atoms with Crippen LogP contribution in [0.1, 0.15) is 59.3 Å². The fourth-order valence-corrected chi connectivity index (χ4v) is 3.37. The van der Waals surface area contributed by atoms with Gasteiger partial charge in [-0.05, 0) is 55.3 Å². The summed E-state index contributed by atoms with van der Waals surface area (Å²) in [6, 6.07) is 0. The van der Waals surface area contributed by atoms with Crippen LogP contribution in [0, 0.1) is 16.7 Å². The van der Waals surface area contributed by atoms with Crippen LogP contribution in [0.3, 0.4) is 0 Å².